The van der Waals surface area contributed by atoms with Gasteiger partial charge in [0, 0.05) is 32.6 Å². The third-order valence-electron chi connectivity index (χ3n) is 8.03. The number of phenolic OH excluding ortho intramolecular Hbond substituents is 1. The van der Waals surface area contributed by atoms with Crippen molar-refractivity contribution in [3.63, 3.8) is 0 Å². The zero-order valence-electron chi connectivity index (χ0n) is 20.7. The van der Waals surface area contributed by atoms with Crippen LogP contribution in [0.25, 0.3) is 80.3 Å². The molecule has 0 radical (unpaired) electrons. The number of fused-ring (bicyclic) bond motifs is 12. The Morgan fingerprint density at radius 1 is 0.641 bits per heavy atom. The molecule has 0 saturated heterocycles. The van der Waals surface area contributed by atoms with Crippen molar-refractivity contribution in [1.82, 2.24) is 9.38 Å². The number of rotatable bonds is 1. The Balaban J connectivity index is 1.48. The summed E-state index contributed by atoms with van der Waals surface area (Å²) in [6, 6.07) is 38.1. The highest BCUT2D eigenvalue weighted by Crippen LogP contribution is 2.43. The second kappa shape index (κ2) is 7.56. The van der Waals surface area contributed by atoms with Gasteiger partial charge in [-0.3, -0.25) is 4.40 Å². The maximum atomic E-state index is 9.99. The summed E-state index contributed by atoms with van der Waals surface area (Å²) in [5.41, 5.74) is 5.22. The predicted octanol–water partition coefficient (Wildman–Crippen LogP) is 9.69. The molecule has 39 heavy (non-hydrogen) atoms. The third-order valence-corrected chi connectivity index (χ3v) is 9.19. The molecule has 0 fully saturated rings. The molecule has 182 valence electrons. The van der Waals surface area contributed by atoms with Crippen LogP contribution < -0.4 is 0 Å². The van der Waals surface area contributed by atoms with E-state index in [1.54, 1.807) is 12.1 Å². The van der Waals surface area contributed by atoms with E-state index >= 15 is 0 Å². The van der Waals surface area contributed by atoms with Crippen molar-refractivity contribution in [2.75, 3.05) is 0 Å². The van der Waals surface area contributed by atoms with Crippen molar-refractivity contribution in [3.05, 3.63) is 115 Å². The van der Waals surface area contributed by atoms with Crippen LogP contribution in [-0.2, 0) is 0 Å². The fourth-order valence-electron chi connectivity index (χ4n) is 6.22. The van der Waals surface area contributed by atoms with Crippen LogP contribution in [0.4, 0.5) is 0 Å². The minimum absolute atomic E-state index is 0.263. The first-order valence-corrected chi connectivity index (χ1v) is 13.8. The van der Waals surface area contributed by atoms with E-state index in [2.05, 4.69) is 95.5 Å². The number of phenols is 1. The highest BCUT2D eigenvalue weighted by molar-refractivity contribution is 7.26. The Morgan fingerprint density at radius 2 is 1.41 bits per heavy atom. The lowest BCUT2D eigenvalue weighted by molar-refractivity contribution is 0.475. The number of pyridine rings is 1. The molecule has 6 aromatic carbocycles. The topological polar surface area (TPSA) is 37.5 Å². The molecular formula is C35H20N2OS. The summed E-state index contributed by atoms with van der Waals surface area (Å²) in [6.07, 6.45) is 2.18. The molecule has 3 nitrogen and oxygen atoms in total. The Labute approximate surface area is 226 Å². The molecular weight excluding hydrogens is 496 g/mol. The first kappa shape index (κ1) is 21.1. The van der Waals surface area contributed by atoms with Gasteiger partial charge in [0.1, 0.15) is 5.75 Å². The fraction of sp³-hybridized carbons (Fsp3) is 0. The van der Waals surface area contributed by atoms with Crippen molar-refractivity contribution in [1.29, 1.82) is 0 Å². The van der Waals surface area contributed by atoms with Crippen molar-refractivity contribution >= 4 is 80.5 Å². The number of thiophene rings is 1. The number of benzene rings is 6. The summed E-state index contributed by atoms with van der Waals surface area (Å²) in [5, 5.41) is 19.8. The van der Waals surface area contributed by atoms with Crippen molar-refractivity contribution in [3.8, 4) is 16.9 Å². The Bertz CT molecular complexity index is 2450. The number of hydrogen-bond acceptors (Lipinski definition) is 3. The molecule has 0 amide bonds. The van der Waals surface area contributed by atoms with Gasteiger partial charge in [-0.1, -0.05) is 66.7 Å². The molecule has 4 heteroatoms. The Kier molecular flexibility index (Phi) is 4.08. The number of imidazole rings is 1. The SMILES string of the molecule is Oc1ccc(-c2cc3cc4ccccc4cc3c3nc4c5sc6ccc7ccccc7c6c5ccn4c23)cc1. The largest absolute Gasteiger partial charge is 0.508 e. The van der Waals surface area contributed by atoms with E-state index in [0.717, 1.165) is 38.6 Å². The van der Waals surface area contributed by atoms with Gasteiger partial charge in [0.05, 0.1) is 15.7 Å². The molecule has 3 aromatic heterocycles. The second-order valence-corrected chi connectivity index (χ2v) is 11.3. The van der Waals surface area contributed by atoms with Crippen LogP contribution in [0, 0.1) is 0 Å². The molecule has 0 saturated carbocycles. The van der Waals surface area contributed by atoms with Gasteiger partial charge in [0.25, 0.3) is 0 Å². The van der Waals surface area contributed by atoms with Gasteiger partial charge < -0.3 is 5.11 Å². The van der Waals surface area contributed by atoms with Gasteiger partial charge in [-0.15, -0.1) is 11.3 Å². The van der Waals surface area contributed by atoms with Gasteiger partial charge in [-0.05, 0) is 75.0 Å². The molecule has 0 aliphatic heterocycles. The normalized spacial score (nSPS) is 12.2. The van der Waals surface area contributed by atoms with Crippen LogP contribution in [0.3, 0.4) is 0 Å². The second-order valence-electron chi connectivity index (χ2n) is 10.2. The smallest absolute Gasteiger partial charge is 0.156 e. The van der Waals surface area contributed by atoms with Crippen LogP contribution >= 0.6 is 11.3 Å². The first-order chi connectivity index (χ1) is 19.2. The summed E-state index contributed by atoms with van der Waals surface area (Å²) in [4.78, 5) is 5.38. The maximum absolute atomic E-state index is 9.99. The van der Waals surface area contributed by atoms with Crippen LogP contribution in [0.2, 0.25) is 0 Å². The number of hydrogen-bond donors (Lipinski definition) is 1. The highest BCUT2D eigenvalue weighted by Gasteiger charge is 2.19. The van der Waals surface area contributed by atoms with E-state index in [4.69, 9.17) is 4.98 Å². The first-order valence-electron chi connectivity index (χ1n) is 13.0. The van der Waals surface area contributed by atoms with Gasteiger partial charge in [-0.2, -0.15) is 0 Å². The van der Waals surface area contributed by atoms with E-state index < -0.39 is 0 Å². The maximum Gasteiger partial charge on any atom is 0.156 e. The monoisotopic (exact) mass is 516 g/mol. The van der Waals surface area contributed by atoms with Gasteiger partial charge >= 0.3 is 0 Å². The number of aromatic nitrogens is 2. The Morgan fingerprint density at radius 3 is 2.26 bits per heavy atom. The minimum atomic E-state index is 0.263. The summed E-state index contributed by atoms with van der Waals surface area (Å²) in [5.74, 6) is 0.263. The quantitative estimate of drug-likeness (QED) is 0.221. The molecule has 0 bridgehead atoms. The van der Waals surface area contributed by atoms with E-state index in [9.17, 15) is 5.11 Å². The zero-order valence-corrected chi connectivity index (χ0v) is 21.5. The standard InChI is InChI=1S/C35H20N2OS/c38-25-12-9-21(10-13-25)29-19-24-17-22-6-1-2-7-23(22)18-28(24)32-33(29)37-16-15-27-31-26-8-4-3-5-20(26)11-14-30(31)39-34(27)35(37)36-32/h1-19,38H. The summed E-state index contributed by atoms with van der Waals surface area (Å²) in [7, 11) is 0. The van der Waals surface area contributed by atoms with Crippen LogP contribution in [0.15, 0.2) is 115 Å². The van der Waals surface area contributed by atoms with Crippen LogP contribution in [0.1, 0.15) is 0 Å². The molecule has 3 heterocycles. The van der Waals surface area contributed by atoms with Crippen molar-refractivity contribution in [2.24, 2.45) is 0 Å². The molecule has 0 aliphatic rings. The van der Waals surface area contributed by atoms with E-state index in [1.807, 2.05) is 23.5 Å². The summed E-state index contributed by atoms with van der Waals surface area (Å²) in [6.45, 7) is 0. The molecule has 0 unspecified atom stereocenters. The molecule has 9 rings (SSSR count). The summed E-state index contributed by atoms with van der Waals surface area (Å²) >= 11 is 1.82. The number of nitrogens with zero attached hydrogens (tertiary/aromatic N) is 2. The lowest BCUT2D eigenvalue weighted by Gasteiger charge is -2.10. The molecule has 0 atom stereocenters. The van der Waals surface area contributed by atoms with Gasteiger partial charge in [0.2, 0.25) is 0 Å². The van der Waals surface area contributed by atoms with E-state index in [-0.39, 0.29) is 5.75 Å². The van der Waals surface area contributed by atoms with Crippen molar-refractivity contribution < 1.29 is 5.11 Å². The van der Waals surface area contributed by atoms with E-state index in [0.29, 0.717) is 0 Å². The Hall–Kier alpha value is -4.93. The zero-order chi connectivity index (χ0) is 25.7. The molecule has 1 N–H and O–H groups in total. The third kappa shape index (κ3) is 2.89. The lowest BCUT2D eigenvalue weighted by Crippen LogP contribution is -1.89. The predicted molar refractivity (Wildman–Crippen MR) is 165 cm³/mol. The average molecular weight is 517 g/mol. The number of aromatic hydroxyl groups is 1. The van der Waals surface area contributed by atoms with Gasteiger partial charge in [0.15, 0.2) is 5.65 Å². The van der Waals surface area contributed by atoms with E-state index in [1.165, 1.54) is 41.7 Å². The van der Waals surface area contributed by atoms with Crippen molar-refractivity contribution in [2.45, 2.75) is 0 Å². The molecule has 9 aromatic rings. The fourth-order valence-corrected chi connectivity index (χ4v) is 7.41. The summed E-state index contributed by atoms with van der Waals surface area (Å²) < 4.78 is 4.73. The lowest BCUT2D eigenvalue weighted by atomic mass is 9.96. The minimum Gasteiger partial charge on any atom is -0.508 e. The van der Waals surface area contributed by atoms with Crippen LogP contribution in [0.5, 0.6) is 5.75 Å². The molecule has 0 spiro atoms. The average Bonchev–Trinajstić information content (AvgIpc) is 3.56. The highest BCUT2D eigenvalue weighted by atomic mass is 32.1. The molecule has 0 aliphatic carbocycles. The van der Waals surface area contributed by atoms with Crippen LogP contribution in [-0.4, -0.2) is 14.5 Å². The van der Waals surface area contributed by atoms with Gasteiger partial charge in [-0.25, -0.2) is 4.98 Å².